The molecule has 0 radical (unpaired) electrons. The van der Waals surface area contributed by atoms with E-state index in [4.69, 9.17) is 4.74 Å². The molecule has 0 bridgehead atoms. The molecule has 5 nitrogen and oxygen atoms in total. The highest BCUT2D eigenvalue weighted by atomic mass is 16.6. The van der Waals surface area contributed by atoms with Gasteiger partial charge in [0.2, 0.25) is 0 Å². The topological polar surface area (TPSA) is 71.7 Å². The Hall–Kier alpha value is -1.85. The van der Waals surface area contributed by atoms with E-state index >= 15 is 0 Å². The second kappa shape index (κ2) is 5.11. The Labute approximate surface area is 129 Å². The summed E-state index contributed by atoms with van der Waals surface area (Å²) in [5.74, 6) is 0.594. The van der Waals surface area contributed by atoms with Crippen LogP contribution in [0.2, 0.25) is 0 Å². The van der Waals surface area contributed by atoms with E-state index in [-0.39, 0.29) is 5.69 Å². The number of hydrogen-bond donors (Lipinski definition) is 2. The number of aromatic nitrogens is 1. The van der Waals surface area contributed by atoms with Crippen molar-refractivity contribution in [2.24, 2.45) is 0 Å². The van der Waals surface area contributed by atoms with Crippen LogP contribution in [0.25, 0.3) is 10.9 Å². The van der Waals surface area contributed by atoms with Gasteiger partial charge in [0.25, 0.3) is 0 Å². The minimum absolute atomic E-state index is 0.122. The molecule has 1 heterocycles. The molecule has 22 heavy (non-hydrogen) atoms. The predicted molar refractivity (Wildman–Crippen MR) is 82.7 cm³/mol. The minimum atomic E-state index is -1.73. The van der Waals surface area contributed by atoms with Crippen molar-refractivity contribution in [2.75, 3.05) is 0 Å². The van der Waals surface area contributed by atoms with Crippen LogP contribution in [-0.4, -0.2) is 26.5 Å². The number of rotatable bonds is 2. The molecule has 3 rings (SSSR count). The van der Waals surface area contributed by atoms with Gasteiger partial charge in [-0.05, 0) is 63.3 Å². The fourth-order valence-electron chi connectivity index (χ4n) is 2.63. The summed E-state index contributed by atoms with van der Waals surface area (Å²) < 4.78 is 6.61. The first-order valence-corrected chi connectivity index (χ1v) is 7.51. The van der Waals surface area contributed by atoms with Crippen molar-refractivity contribution in [1.29, 1.82) is 0 Å². The lowest BCUT2D eigenvalue weighted by atomic mass is 10.1. The van der Waals surface area contributed by atoms with Gasteiger partial charge in [-0.25, -0.2) is 9.36 Å². The van der Waals surface area contributed by atoms with Crippen LogP contribution in [0.1, 0.15) is 57.1 Å². The van der Waals surface area contributed by atoms with Crippen LogP contribution in [0.5, 0.6) is 0 Å². The van der Waals surface area contributed by atoms with E-state index in [9.17, 15) is 15.0 Å². The molecule has 0 amide bonds. The fraction of sp³-hybridized carbons (Fsp3) is 0.471. The zero-order valence-corrected chi connectivity index (χ0v) is 13.0. The standard InChI is InChI=1S/C17H21NO4/c1-17(2,3)22-16(21)18-13-7-6-11(10-4-5-10)8-12(13)9-14(18)15(19)20/h6-10,15,19-20H,4-5H2,1-3H3. The van der Waals surface area contributed by atoms with Gasteiger partial charge in [-0.3, -0.25) is 0 Å². The molecule has 2 N–H and O–H groups in total. The number of ether oxygens (including phenoxy) is 1. The molecule has 1 aromatic carbocycles. The van der Waals surface area contributed by atoms with Gasteiger partial charge in [-0.15, -0.1) is 0 Å². The Balaban J connectivity index is 2.09. The van der Waals surface area contributed by atoms with Crippen LogP contribution < -0.4 is 0 Å². The summed E-state index contributed by atoms with van der Waals surface area (Å²) in [5, 5.41) is 20.0. The lowest BCUT2D eigenvalue weighted by molar-refractivity contribution is -0.0485. The van der Waals surface area contributed by atoms with Gasteiger partial charge < -0.3 is 14.9 Å². The van der Waals surface area contributed by atoms with Crippen molar-refractivity contribution < 1.29 is 19.7 Å². The highest BCUT2D eigenvalue weighted by Gasteiger charge is 2.27. The Morgan fingerprint density at radius 3 is 2.50 bits per heavy atom. The number of aliphatic hydroxyl groups is 2. The first-order chi connectivity index (χ1) is 10.3. The summed E-state index contributed by atoms with van der Waals surface area (Å²) >= 11 is 0. The largest absolute Gasteiger partial charge is 0.443 e. The Kier molecular flexibility index (Phi) is 3.50. The summed E-state index contributed by atoms with van der Waals surface area (Å²) in [4.78, 5) is 12.4. The molecule has 0 unspecified atom stereocenters. The van der Waals surface area contributed by atoms with Gasteiger partial charge in [-0.2, -0.15) is 0 Å². The summed E-state index contributed by atoms with van der Waals surface area (Å²) in [7, 11) is 0. The summed E-state index contributed by atoms with van der Waals surface area (Å²) in [6.45, 7) is 5.32. The molecule has 5 heteroatoms. The van der Waals surface area contributed by atoms with Crippen molar-refractivity contribution in [3.63, 3.8) is 0 Å². The first-order valence-electron chi connectivity index (χ1n) is 7.51. The van der Waals surface area contributed by atoms with E-state index in [1.165, 1.54) is 23.0 Å². The van der Waals surface area contributed by atoms with E-state index < -0.39 is 18.0 Å². The normalized spacial score (nSPS) is 15.5. The molecular weight excluding hydrogens is 282 g/mol. The first kappa shape index (κ1) is 15.1. The quantitative estimate of drug-likeness (QED) is 0.835. The van der Waals surface area contributed by atoms with Crippen LogP contribution >= 0.6 is 0 Å². The number of benzene rings is 1. The third-order valence-corrected chi connectivity index (χ3v) is 3.74. The van der Waals surface area contributed by atoms with Crippen molar-refractivity contribution in [3.8, 4) is 0 Å². The van der Waals surface area contributed by atoms with Crippen molar-refractivity contribution in [1.82, 2.24) is 4.57 Å². The van der Waals surface area contributed by atoms with E-state index in [1.54, 1.807) is 26.8 Å². The van der Waals surface area contributed by atoms with Gasteiger partial charge in [0, 0.05) is 5.39 Å². The SMILES string of the molecule is CC(C)(C)OC(=O)n1c(C(O)O)cc2cc(C3CC3)ccc21. The van der Waals surface area contributed by atoms with Crippen molar-refractivity contribution in [3.05, 3.63) is 35.5 Å². The second-order valence-electron chi connectivity index (χ2n) is 6.85. The van der Waals surface area contributed by atoms with Gasteiger partial charge >= 0.3 is 6.09 Å². The average molecular weight is 303 g/mol. The molecule has 2 aromatic rings. The molecule has 1 aliphatic rings. The number of nitrogens with zero attached hydrogens (tertiary/aromatic N) is 1. The highest BCUT2D eigenvalue weighted by Crippen LogP contribution is 2.41. The van der Waals surface area contributed by atoms with Crippen LogP contribution in [-0.2, 0) is 4.74 Å². The molecule has 1 fully saturated rings. The monoisotopic (exact) mass is 303 g/mol. The molecule has 1 aliphatic carbocycles. The zero-order valence-electron chi connectivity index (χ0n) is 13.0. The molecular formula is C17H21NO4. The Bertz CT molecular complexity index is 720. The predicted octanol–water partition coefficient (Wildman–Crippen LogP) is 3.29. The molecule has 0 atom stereocenters. The Morgan fingerprint density at radius 1 is 1.27 bits per heavy atom. The molecule has 1 saturated carbocycles. The van der Waals surface area contributed by atoms with Crippen molar-refractivity contribution in [2.45, 2.75) is 51.4 Å². The molecule has 0 saturated heterocycles. The van der Waals surface area contributed by atoms with Gasteiger partial charge in [0.05, 0.1) is 11.2 Å². The maximum absolute atomic E-state index is 12.4. The van der Waals surface area contributed by atoms with Crippen LogP contribution in [0, 0.1) is 0 Å². The number of aliphatic hydroxyl groups excluding tert-OH is 1. The minimum Gasteiger partial charge on any atom is -0.443 e. The maximum atomic E-state index is 12.4. The van der Waals surface area contributed by atoms with Gasteiger partial charge in [-0.1, -0.05) is 6.07 Å². The Morgan fingerprint density at radius 2 is 1.95 bits per heavy atom. The number of carbonyl (C=O) groups excluding carboxylic acids is 1. The average Bonchev–Trinajstić information content (AvgIpc) is 3.15. The number of hydrogen-bond acceptors (Lipinski definition) is 4. The number of fused-ring (bicyclic) bond motifs is 1. The van der Waals surface area contributed by atoms with Crippen LogP contribution in [0.3, 0.4) is 0 Å². The highest BCUT2D eigenvalue weighted by molar-refractivity contribution is 5.91. The van der Waals surface area contributed by atoms with E-state index in [0.717, 1.165) is 5.39 Å². The maximum Gasteiger partial charge on any atom is 0.419 e. The van der Waals surface area contributed by atoms with Crippen molar-refractivity contribution >= 4 is 17.0 Å². The third-order valence-electron chi connectivity index (χ3n) is 3.74. The smallest absolute Gasteiger partial charge is 0.419 e. The summed E-state index contributed by atoms with van der Waals surface area (Å²) in [6, 6.07) is 7.49. The molecule has 118 valence electrons. The van der Waals surface area contributed by atoms with Gasteiger partial charge in [0.15, 0.2) is 6.29 Å². The van der Waals surface area contributed by atoms with E-state index in [2.05, 4.69) is 0 Å². The second-order valence-corrected chi connectivity index (χ2v) is 6.85. The van der Waals surface area contributed by atoms with Crippen LogP contribution in [0.4, 0.5) is 4.79 Å². The van der Waals surface area contributed by atoms with E-state index in [0.29, 0.717) is 11.4 Å². The summed E-state index contributed by atoms with van der Waals surface area (Å²) in [5.41, 5.74) is 1.33. The zero-order chi connectivity index (χ0) is 16.1. The fourth-order valence-corrected chi connectivity index (χ4v) is 2.63. The van der Waals surface area contributed by atoms with Gasteiger partial charge in [0.1, 0.15) is 5.60 Å². The lowest BCUT2D eigenvalue weighted by Gasteiger charge is -2.21. The molecule has 1 aromatic heterocycles. The third kappa shape index (κ3) is 2.87. The summed E-state index contributed by atoms with van der Waals surface area (Å²) in [6.07, 6.45) is 0.0377. The van der Waals surface area contributed by atoms with Crippen LogP contribution in [0.15, 0.2) is 24.3 Å². The van der Waals surface area contributed by atoms with E-state index in [1.807, 2.05) is 18.2 Å². The molecule has 0 aliphatic heterocycles. The lowest BCUT2D eigenvalue weighted by Crippen LogP contribution is -2.28. The number of carbonyl (C=O) groups is 1. The molecule has 0 spiro atoms.